The van der Waals surface area contributed by atoms with Crippen molar-refractivity contribution in [3.8, 4) is 0 Å². The Morgan fingerprint density at radius 3 is 2.61 bits per heavy atom. The van der Waals surface area contributed by atoms with Crippen molar-refractivity contribution in [1.82, 2.24) is 0 Å². The van der Waals surface area contributed by atoms with Crippen molar-refractivity contribution in [2.24, 2.45) is 0 Å². The van der Waals surface area contributed by atoms with Crippen LogP contribution in [0, 0.1) is 6.07 Å². The van der Waals surface area contributed by atoms with Crippen molar-refractivity contribution in [3.63, 3.8) is 0 Å². The minimum absolute atomic E-state index is 0. The van der Waals surface area contributed by atoms with Crippen LogP contribution in [0.2, 0.25) is 0 Å². The van der Waals surface area contributed by atoms with Crippen molar-refractivity contribution in [2.45, 2.75) is 11.3 Å². The van der Waals surface area contributed by atoms with Gasteiger partial charge in [-0.05, 0) is 22.8 Å². The van der Waals surface area contributed by atoms with Crippen molar-refractivity contribution in [1.29, 1.82) is 0 Å². The maximum absolute atomic E-state index is 11.2. The summed E-state index contributed by atoms with van der Waals surface area (Å²) in [6.45, 7) is 3.58. The van der Waals surface area contributed by atoms with Crippen molar-refractivity contribution in [3.05, 3.63) is 54.6 Å². The molecule has 87 valence electrons. The second-order valence-corrected chi connectivity index (χ2v) is 4.97. The Balaban J connectivity index is 0.00000162. The second kappa shape index (κ2) is 5.99. The van der Waals surface area contributed by atoms with Gasteiger partial charge in [0, 0.05) is 6.07 Å². The summed E-state index contributed by atoms with van der Waals surface area (Å²) in [7, 11) is -4.51. The third-order valence-electron chi connectivity index (χ3n) is 2.42. The van der Waals surface area contributed by atoms with Gasteiger partial charge in [-0.1, -0.05) is 36.4 Å². The fraction of sp³-hybridized carbons (Fsp3) is 0.0769. The van der Waals surface area contributed by atoms with Gasteiger partial charge in [-0.25, -0.2) is 8.42 Å². The molecule has 0 aliphatic heterocycles. The average Bonchev–Trinajstić information content (AvgIpc) is 2.27. The summed E-state index contributed by atoms with van der Waals surface area (Å²) in [4.78, 5) is -0.285. The van der Waals surface area contributed by atoms with Crippen LogP contribution in [0.4, 0.5) is 0 Å². The summed E-state index contributed by atoms with van der Waals surface area (Å²) in [6.07, 6.45) is 2.12. The number of fused-ring (bicyclic) bond motifs is 1. The molecular formula is C13H10NaO3S. The zero-order valence-corrected chi connectivity index (χ0v) is 12.8. The van der Waals surface area contributed by atoms with Gasteiger partial charge in [-0.2, -0.15) is 0 Å². The van der Waals surface area contributed by atoms with Gasteiger partial charge in [-0.3, -0.25) is 0 Å². The SMILES string of the molecule is C=CCc1[c]c(S(=O)(=O)[O-])c2ccccc2c1.[Na+]. The Bertz CT molecular complexity index is 678. The number of benzene rings is 2. The van der Waals surface area contributed by atoms with Gasteiger partial charge in [-0.15, -0.1) is 6.58 Å². The largest absolute Gasteiger partial charge is 1.00 e. The van der Waals surface area contributed by atoms with Crippen LogP contribution in [0.3, 0.4) is 0 Å². The zero-order chi connectivity index (χ0) is 12.5. The van der Waals surface area contributed by atoms with Crippen LogP contribution >= 0.6 is 0 Å². The van der Waals surface area contributed by atoms with Gasteiger partial charge in [0.1, 0.15) is 10.1 Å². The Labute approximate surface area is 129 Å². The predicted molar refractivity (Wildman–Crippen MR) is 64.6 cm³/mol. The van der Waals surface area contributed by atoms with E-state index in [1.807, 2.05) is 6.07 Å². The molecule has 0 bridgehead atoms. The van der Waals surface area contributed by atoms with Crippen LogP contribution < -0.4 is 29.6 Å². The average molecular weight is 269 g/mol. The molecule has 2 aromatic rings. The Morgan fingerprint density at radius 1 is 1.33 bits per heavy atom. The van der Waals surface area contributed by atoms with Gasteiger partial charge in [0.25, 0.3) is 0 Å². The predicted octanol–water partition coefficient (Wildman–Crippen LogP) is -0.723. The molecule has 0 unspecified atom stereocenters. The summed E-state index contributed by atoms with van der Waals surface area (Å²) in [5.74, 6) is 0. The molecule has 0 heterocycles. The normalized spacial score (nSPS) is 10.9. The Morgan fingerprint density at radius 2 is 2.00 bits per heavy atom. The topological polar surface area (TPSA) is 57.2 Å². The fourth-order valence-electron chi connectivity index (χ4n) is 1.73. The summed E-state index contributed by atoms with van der Waals surface area (Å²) >= 11 is 0. The molecule has 0 aliphatic rings. The second-order valence-electron chi connectivity index (χ2n) is 3.66. The number of rotatable bonds is 3. The van der Waals surface area contributed by atoms with E-state index in [4.69, 9.17) is 0 Å². The molecule has 2 aromatic carbocycles. The van der Waals surface area contributed by atoms with Crippen molar-refractivity contribution < 1.29 is 42.5 Å². The minimum atomic E-state index is -4.51. The van der Waals surface area contributed by atoms with E-state index in [0.29, 0.717) is 17.4 Å². The zero-order valence-electron chi connectivity index (χ0n) is 10.0. The van der Waals surface area contributed by atoms with Gasteiger partial charge >= 0.3 is 29.6 Å². The molecular weight excluding hydrogens is 259 g/mol. The molecule has 0 saturated carbocycles. The minimum Gasteiger partial charge on any atom is -0.744 e. The maximum atomic E-state index is 11.2. The molecule has 2 rings (SSSR count). The molecule has 0 aliphatic carbocycles. The van der Waals surface area contributed by atoms with Crippen LogP contribution in [-0.2, 0) is 16.5 Å². The molecule has 0 spiro atoms. The first-order chi connectivity index (χ1) is 8.02. The van der Waals surface area contributed by atoms with E-state index in [-0.39, 0.29) is 34.5 Å². The van der Waals surface area contributed by atoms with Crippen LogP contribution in [0.15, 0.2) is 47.9 Å². The van der Waals surface area contributed by atoms with E-state index in [9.17, 15) is 13.0 Å². The molecule has 1 radical (unpaired) electrons. The van der Waals surface area contributed by atoms with Crippen LogP contribution in [0.5, 0.6) is 0 Å². The molecule has 3 nitrogen and oxygen atoms in total. The Hall–Kier alpha value is -0.650. The summed E-state index contributed by atoms with van der Waals surface area (Å²) < 4.78 is 33.6. The van der Waals surface area contributed by atoms with Crippen molar-refractivity contribution in [2.75, 3.05) is 0 Å². The molecule has 0 atom stereocenters. The standard InChI is InChI=1S/C13H11O3S.Na/c1-2-5-10-8-11-6-3-4-7-12(11)13(9-10)17(14,15)16;/h2-4,6-8H,1,5H2,(H,14,15,16);/q;+1/p-1. The summed E-state index contributed by atoms with van der Waals surface area (Å²) in [5.41, 5.74) is 0.646. The molecule has 0 fully saturated rings. The molecule has 5 heteroatoms. The van der Waals surface area contributed by atoms with E-state index in [1.54, 1.807) is 30.3 Å². The first kappa shape index (κ1) is 15.4. The fourth-order valence-corrected chi connectivity index (χ4v) is 2.44. The number of hydrogen-bond acceptors (Lipinski definition) is 3. The van der Waals surface area contributed by atoms with Crippen LogP contribution in [-0.4, -0.2) is 13.0 Å². The van der Waals surface area contributed by atoms with Gasteiger partial charge in [0.2, 0.25) is 0 Å². The van der Waals surface area contributed by atoms with Crippen molar-refractivity contribution >= 4 is 20.9 Å². The van der Waals surface area contributed by atoms with Crippen LogP contribution in [0.25, 0.3) is 10.8 Å². The van der Waals surface area contributed by atoms with Gasteiger partial charge < -0.3 is 4.55 Å². The molecule has 0 aromatic heterocycles. The van der Waals surface area contributed by atoms with E-state index < -0.39 is 10.1 Å². The Kier molecular flexibility index (Phi) is 5.13. The first-order valence-electron chi connectivity index (χ1n) is 5.03. The third-order valence-corrected chi connectivity index (χ3v) is 3.25. The van der Waals surface area contributed by atoms with E-state index in [2.05, 4.69) is 12.6 Å². The number of hydrogen-bond donors (Lipinski definition) is 0. The summed E-state index contributed by atoms with van der Waals surface area (Å²) in [6, 6.07) is 11.3. The quantitative estimate of drug-likeness (QED) is 0.420. The third kappa shape index (κ3) is 3.22. The molecule has 18 heavy (non-hydrogen) atoms. The van der Waals surface area contributed by atoms with E-state index >= 15 is 0 Å². The monoisotopic (exact) mass is 269 g/mol. The molecule has 0 amide bonds. The molecule has 0 saturated heterocycles. The summed E-state index contributed by atoms with van der Waals surface area (Å²) in [5, 5.41) is 1.13. The van der Waals surface area contributed by atoms with Gasteiger partial charge in [0.15, 0.2) is 0 Å². The first-order valence-corrected chi connectivity index (χ1v) is 6.44. The smallest absolute Gasteiger partial charge is 0.744 e. The van der Waals surface area contributed by atoms with E-state index in [0.717, 1.165) is 5.39 Å². The van der Waals surface area contributed by atoms with Crippen LogP contribution in [0.1, 0.15) is 5.56 Å². The van der Waals surface area contributed by atoms with Gasteiger partial charge in [0.05, 0.1) is 4.90 Å². The maximum Gasteiger partial charge on any atom is 1.00 e. The molecule has 0 N–H and O–H groups in total. The van der Waals surface area contributed by atoms with E-state index in [1.165, 1.54) is 0 Å². The number of allylic oxidation sites excluding steroid dienone is 1.